The van der Waals surface area contributed by atoms with E-state index in [1.54, 1.807) is 22.7 Å². The molecule has 25 heavy (non-hydrogen) atoms. The number of H-pyrrole nitrogens is 1. The van der Waals surface area contributed by atoms with Crippen molar-refractivity contribution in [3.05, 3.63) is 44.6 Å². The molecule has 0 spiro atoms. The first kappa shape index (κ1) is 16.8. The summed E-state index contributed by atoms with van der Waals surface area (Å²) in [6.45, 7) is 6.80. The van der Waals surface area contributed by atoms with Gasteiger partial charge < -0.3 is 15.0 Å². The van der Waals surface area contributed by atoms with Gasteiger partial charge in [-0.05, 0) is 24.4 Å². The standard InChI is InChI=1S/C18H21N3O2S2/c1-12-9-15-17(25-12)14(11-21-4-6-23-7-5-21)16(20-15)18(22)19-10-13-3-2-8-24-13/h2-3,8-9,20H,4-7,10-11H2,1H3,(H,19,22). The van der Waals surface area contributed by atoms with Crippen molar-refractivity contribution in [1.29, 1.82) is 0 Å². The topological polar surface area (TPSA) is 57.4 Å². The van der Waals surface area contributed by atoms with Crippen molar-refractivity contribution in [1.82, 2.24) is 15.2 Å². The largest absolute Gasteiger partial charge is 0.379 e. The van der Waals surface area contributed by atoms with Crippen LogP contribution in [0, 0.1) is 6.92 Å². The summed E-state index contributed by atoms with van der Waals surface area (Å²) in [7, 11) is 0. The zero-order valence-electron chi connectivity index (χ0n) is 14.1. The monoisotopic (exact) mass is 375 g/mol. The third kappa shape index (κ3) is 3.64. The molecule has 5 nitrogen and oxygen atoms in total. The number of hydrogen-bond acceptors (Lipinski definition) is 5. The van der Waals surface area contributed by atoms with E-state index in [2.05, 4.69) is 28.2 Å². The first-order valence-corrected chi connectivity index (χ1v) is 10.1. The van der Waals surface area contributed by atoms with Gasteiger partial charge in [-0.1, -0.05) is 6.07 Å². The highest BCUT2D eigenvalue weighted by Gasteiger charge is 2.22. The Bertz CT molecular complexity index is 861. The second kappa shape index (κ2) is 7.29. The Morgan fingerprint density at radius 2 is 2.24 bits per heavy atom. The van der Waals surface area contributed by atoms with Gasteiger partial charge in [0.05, 0.1) is 30.0 Å². The van der Waals surface area contributed by atoms with E-state index in [0.29, 0.717) is 12.2 Å². The molecule has 4 heterocycles. The maximum absolute atomic E-state index is 12.8. The highest BCUT2D eigenvalue weighted by atomic mass is 32.1. The maximum Gasteiger partial charge on any atom is 0.268 e. The Hall–Kier alpha value is -1.67. The van der Waals surface area contributed by atoms with E-state index in [1.165, 1.54) is 9.58 Å². The van der Waals surface area contributed by atoms with Gasteiger partial charge in [0.1, 0.15) is 5.69 Å². The molecule has 0 atom stereocenters. The summed E-state index contributed by atoms with van der Waals surface area (Å²) in [5.74, 6) is -0.0299. The summed E-state index contributed by atoms with van der Waals surface area (Å²) in [6.07, 6.45) is 0. The van der Waals surface area contributed by atoms with E-state index in [0.717, 1.165) is 48.8 Å². The van der Waals surface area contributed by atoms with Crippen molar-refractivity contribution in [2.45, 2.75) is 20.0 Å². The van der Waals surface area contributed by atoms with Gasteiger partial charge in [-0.25, -0.2) is 0 Å². The molecule has 0 aromatic carbocycles. The minimum absolute atomic E-state index is 0.0299. The third-order valence-electron chi connectivity index (χ3n) is 4.41. The molecule has 3 aromatic heterocycles. The van der Waals surface area contributed by atoms with Crippen LogP contribution in [0.15, 0.2) is 23.6 Å². The second-order valence-corrected chi connectivity index (χ2v) is 8.52. The molecule has 7 heteroatoms. The molecule has 132 valence electrons. The third-order valence-corrected chi connectivity index (χ3v) is 6.39. The number of nitrogens with zero attached hydrogens (tertiary/aromatic N) is 1. The number of aromatic nitrogens is 1. The molecule has 3 aromatic rings. The molecule has 0 radical (unpaired) electrons. The normalized spacial score (nSPS) is 15.7. The van der Waals surface area contributed by atoms with Crippen molar-refractivity contribution in [2.24, 2.45) is 0 Å². The summed E-state index contributed by atoms with van der Waals surface area (Å²) in [5.41, 5.74) is 2.87. The van der Waals surface area contributed by atoms with E-state index in [9.17, 15) is 4.79 Å². The molecule has 0 aliphatic carbocycles. The zero-order chi connectivity index (χ0) is 17.2. The zero-order valence-corrected chi connectivity index (χ0v) is 15.8. The molecule has 0 bridgehead atoms. The molecule has 2 N–H and O–H groups in total. The molecule has 1 amide bonds. The van der Waals surface area contributed by atoms with Crippen molar-refractivity contribution >= 4 is 38.8 Å². The van der Waals surface area contributed by atoms with Crippen molar-refractivity contribution < 1.29 is 9.53 Å². The van der Waals surface area contributed by atoms with Crippen LogP contribution in [0.5, 0.6) is 0 Å². The lowest BCUT2D eigenvalue weighted by Crippen LogP contribution is -2.36. The van der Waals surface area contributed by atoms with Gasteiger partial charge >= 0.3 is 0 Å². The fourth-order valence-corrected chi connectivity index (χ4v) is 4.80. The lowest BCUT2D eigenvalue weighted by atomic mass is 10.2. The number of nitrogens with one attached hydrogen (secondary N) is 2. The van der Waals surface area contributed by atoms with Gasteiger partial charge in [-0.2, -0.15) is 0 Å². The lowest BCUT2D eigenvalue weighted by molar-refractivity contribution is 0.0342. The fraction of sp³-hybridized carbons (Fsp3) is 0.389. The Morgan fingerprint density at radius 3 is 3.00 bits per heavy atom. The van der Waals surface area contributed by atoms with Gasteiger partial charge in [0.2, 0.25) is 0 Å². The SMILES string of the molecule is Cc1cc2[nH]c(C(=O)NCc3cccs3)c(CN3CCOCC3)c2s1. The molecule has 1 aliphatic heterocycles. The molecular formula is C18H21N3O2S2. The highest BCUT2D eigenvalue weighted by Crippen LogP contribution is 2.32. The van der Waals surface area contributed by atoms with Crippen LogP contribution >= 0.6 is 22.7 Å². The minimum atomic E-state index is -0.0299. The van der Waals surface area contributed by atoms with Crippen LogP contribution < -0.4 is 5.32 Å². The number of thiophene rings is 2. The second-order valence-electron chi connectivity index (χ2n) is 6.23. The summed E-state index contributed by atoms with van der Waals surface area (Å²) >= 11 is 3.41. The minimum Gasteiger partial charge on any atom is -0.379 e. The Morgan fingerprint density at radius 1 is 1.40 bits per heavy atom. The fourth-order valence-electron chi connectivity index (χ4n) is 3.15. The first-order chi connectivity index (χ1) is 12.2. The van der Waals surface area contributed by atoms with E-state index < -0.39 is 0 Å². The van der Waals surface area contributed by atoms with E-state index >= 15 is 0 Å². The van der Waals surface area contributed by atoms with Crippen LogP contribution in [0.25, 0.3) is 10.2 Å². The van der Waals surface area contributed by atoms with Gasteiger partial charge in [0, 0.05) is 35.0 Å². The van der Waals surface area contributed by atoms with E-state index in [4.69, 9.17) is 4.74 Å². The average Bonchev–Trinajstić information content (AvgIpc) is 3.32. The van der Waals surface area contributed by atoms with Crippen LogP contribution in [0.1, 0.15) is 25.8 Å². The number of hydrogen-bond donors (Lipinski definition) is 2. The maximum atomic E-state index is 12.8. The Kier molecular flexibility index (Phi) is 4.89. The predicted molar refractivity (Wildman–Crippen MR) is 102 cm³/mol. The van der Waals surface area contributed by atoms with Crippen LogP contribution in [-0.2, 0) is 17.8 Å². The molecule has 4 rings (SSSR count). The Balaban J connectivity index is 1.58. The smallest absolute Gasteiger partial charge is 0.268 e. The van der Waals surface area contributed by atoms with Crippen molar-refractivity contribution in [2.75, 3.05) is 26.3 Å². The summed E-state index contributed by atoms with van der Waals surface area (Å²) in [6, 6.07) is 6.17. The number of aromatic amines is 1. The molecule has 0 unspecified atom stereocenters. The van der Waals surface area contributed by atoms with E-state index in [-0.39, 0.29) is 5.91 Å². The summed E-state index contributed by atoms with van der Waals surface area (Å²) < 4.78 is 6.64. The van der Waals surface area contributed by atoms with Crippen LogP contribution in [-0.4, -0.2) is 42.1 Å². The molecular weight excluding hydrogens is 354 g/mol. The number of fused-ring (bicyclic) bond motifs is 1. The molecule has 1 aliphatic rings. The number of morpholine rings is 1. The van der Waals surface area contributed by atoms with Crippen LogP contribution in [0.4, 0.5) is 0 Å². The number of aryl methyl sites for hydroxylation is 1. The average molecular weight is 376 g/mol. The number of ether oxygens (including phenoxy) is 1. The van der Waals surface area contributed by atoms with Crippen LogP contribution in [0.3, 0.4) is 0 Å². The number of carbonyl (C=O) groups is 1. The van der Waals surface area contributed by atoms with Gasteiger partial charge in [-0.15, -0.1) is 22.7 Å². The number of rotatable bonds is 5. The first-order valence-electron chi connectivity index (χ1n) is 8.42. The van der Waals surface area contributed by atoms with Crippen LogP contribution in [0.2, 0.25) is 0 Å². The quantitative estimate of drug-likeness (QED) is 0.719. The predicted octanol–water partition coefficient (Wildman–Crippen LogP) is 3.36. The molecule has 1 fully saturated rings. The summed E-state index contributed by atoms with van der Waals surface area (Å²) in [4.78, 5) is 20.9. The highest BCUT2D eigenvalue weighted by molar-refractivity contribution is 7.19. The van der Waals surface area contributed by atoms with E-state index in [1.807, 2.05) is 17.5 Å². The summed E-state index contributed by atoms with van der Waals surface area (Å²) in [5, 5.41) is 5.07. The Labute approximate surface area is 154 Å². The number of amides is 1. The molecule has 1 saturated heterocycles. The van der Waals surface area contributed by atoms with Gasteiger partial charge in [0.15, 0.2) is 0 Å². The lowest BCUT2D eigenvalue weighted by Gasteiger charge is -2.26. The van der Waals surface area contributed by atoms with Gasteiger partial charge in [0.25, 0.3) is 5.91 Å². The molecule has 0 saturated carbocycles. The van der Waals surface area contributed by atoms with Crippen molar-refractivity contribution in [3.8, 4) is 0 Å². The number of carbonyl (C=O) groups excluding carboxylic acids is 1. The van der Waals surface area contributed by atoms with Gasteiger partial charge in [-0.3, -0.25) is 9.69 Å². The van der Waals surface area contributed by atoms with Crippen molar-refractivity contribution in [3.63, 3.8) is 0 Å².